The molecule has 2 heterocycles. The highest BCUT2D eigenvalue weighted by Crippen LogP contribution is 2.27. The van der Waals surface area contributed by atoms with Gasteiger partial charge in [0.15, 0.2) is 0 Å². The zero-order valence-corrected chi connectivity index (χ0v) is 6.03. The second kappa shape index (κ2) is 1.99. The third-order valence-corrected chi connectivity index (χ3v) is 1.67. The van der Waals surface area contributed by atoms with E-state index in [4.69, 9.17) is 4.42 Å². The molecule has 2 aromatic rings. The van der Waals surface area contributed by atoms with Gasteiger partial charge >= 0.3 is 0 Å². The molecule has 0 radical (unpaired) electrons. The second-order valence-corrected chi connectivity index (χ2v) is 2.41. The van der Waals surface area contributed by atoms with Crippen molar-refractivity contribution in [2.24, 2.45) is 0 Å². The number of aryl methyl sites for hydroxylation is 1. The number of nitrogens with zero attached hydrogens (tertiary/aromatic N) is 1. The lowest BCUT2D eigenvalue weighted by molar-refractivity contribution is 0.476. The molecule has 0 bridgehead atoms. The van der Waals surface area contributed by atoms with Crippen molar-refractivity contribution in [1.82, 2.24) is 4.98 Å². The van der Waals surface area contributed by atoms with E-state index >= 15 is 0 Å². The molecular formula is C8H7NO2. The zero-order chi connectivity index (χ0) is 7.84. The van der Waals surface area contributed by atoms with E-state index in [0.29, 0.717) is 0 Å². The van der Waals surface area contributed by atoms with Crippen molar-refractivity contribution < 1.29 is 9.52 Å². The number of fused-ring (bicyclic) bond motifs is 1. The predicted molar refractivity (Wildman–Crippen MR) is 40.4 cm³/mol. The van der Waals surface area contributed by atoms with E-state index in [-0.39, 0.29) is 5.75 Å². The minimum atomic E-state index is 0.175. The molecule has 0 aliphatic rings. The van der Waals surface area contributed by atoms with Gasteiger partial charge in [-0.1, -0.05) is 0 Å². The molecule has 56 valence electrons. The summed E-state index contributed by atoms with van der Waals surface area (Å²) in [5.41, 5.74) is 0. The van der Waals surface area contributed by atoms with Crippen LogP contribution in [-0.4, -0.2) is 10.1 Å². The van der Waals surface area contributed by atoms with Crippen molar-refractivity contribution in [2.75, 3.05) is 0 Å². The van der Waals surface area contributed by atoms with E-state index in [2.05, 4.69) is 4.98 Å². The minimum Gasteiger partial charge on any atom is -0.506 e. The second-order valence-electron chi connectivity index (χ2n) is 2.41. The fourth-order valence-corrected chi connectivity index (χ4v) is 1.15. The van der Waals surface area contributed by atoms with Gasteiger partial charge in [0.05, 0.1) is 11.6 Å². The van der Waals surface area contributed by atoms with Crippen LogP contribution in [-0.2, 0) is 0 Å². The highest BCUT2D eigenvalue weighted by molar-refractivity contribution is 5.88. The maximum atomic E-state index is 9.32. The molecule has 0 aliphatic carbocycles. The smallest absolute Gasteiger partial charge is 0.145 e. The van der Waals surface area contributed by atoms with Gasteiger partial charge in [-0.3, -0.25) is 4.98 Å². The Morgan fingerprint density at radius 3 is 3.00 bits per heavy atom. The molecule has 0 atom stereocenters. The van der Waals surface area contributed by atoms with Crippen LogP contribution in [0.4, 0.5) is 0 Å². The summed E-state index contributed by atoms with van der Waals surface area (Å²) in [6, 6.07) is 0. The van der Waals surface area contributed by atoms with Gasteiger partial charge in [-0.15, -0.1) is 0 Å². The third-order valence-electron chi connectivity index (χ3n) is 1.67. The van der Waals surface area contributed by atoms with Gasteiger partial charge in [-0.25, -0.2) is 0 Å². The van der Waals surface area contributed by atoms with Crippen LogP contribution in [0.1, 0.15) is 5.76 Å². The predicted octanol–water partition coefficient (Wildman–Crippen LogP) is 1.84. The molecule has 0 spiro atoms. The van der Waals surface area contributed by atoms with E-state index in [1.165, 1.54) is 6.20 Å². The van der Waals surface area contributed by atoms with Crippen molar-refractivity contribution >= 4 is 10.8 Å². The van der Waals surface area contributed by atoms with Crippen LogP contribution in [0.3, 0.4) is 0 Å². The topological polar surface area (TPSA) is 46.3 Å². The Bertz CT molecular complexity index is 392. The van der Waals surface area contributed by atoms with Crippen molar-refractivity contribution in [1.29, 1.82) is 0 Å². The van der Waals surface area contributed by atoms with E-state index < -0.39 is 0 Å². The van der Waals surface area contributed by atoms with E-state index in [0.717, 1.165) is 16.5 Å². The number of rotatable bonds is 0. The summed E-state index contributed by atoms with van der Waals surface area (Å²) >= 11 is 0. The summed E-state index contributed by atoms with van der Waals surface area (Å²) in [6.07, 6.45) is 4.65. The summed E-state index contributed by atoms with van der Waals surface area (Å²) in [6.45, 7) is 1.81. The Labute approximate surface area is 63.3 Å². The van der Waals surface area contributed by atoms with Crippen molar-refractivity contribution in [2.45, 2.75) is 6.92 Å². The van der Waals surface area contributed by atoms with Gasteiger partial charge in [0.1, 0.15) is 17.8 Å². The largest absolute Gasteiger partial charge is 0.506 e. The van der Waals surface area contributed by atoms with Crippen LogP contribution in [0.15, 0.2) is 23.1 Å². The Kier molecular flexibility index (Phi) is 1.12. The summed E-state index contributed by atoms with van der Waals surface area (Å²) < 4.78 is 5.10. The molecule has 2 aromatic heterocycles. The first kappa shape index (κ1) is 6.22. The van der Waals surface area contributed by atoms with Crippen LogP contribution >= 0.6 is 0 Å². The average molecular weight is 149 g/mol. The number of furan rings is 1. The number of pyridine rings is 1. The van der Waals surface area contributed by atoms with Crippen LogP contribution in [0, 0.1) is 6.92 Å². The number of hydrogen-bond acceptors (Lipinski definition) is 3. The van der Waals surface area contributed by atoms with Crippen molar-refractivity contribution in [3.63, 3.8) is 0 Å². The zero-order valence-electron chi connectivity index (χ0n) is 6.03. The standard InChI is InChI=1S/C8H7NO2/c1-5-8-6(4-11-5)2-9-3-7(8)10/h2-4,10H,1H3. The molecule has 0 amide bonds. The molecule has 11 heavy (non-hydrogen) atoms. The fourth-order valence-electron chi connectivity index (χ4n) is 1.15. The maximum absolute atomic E-state index is 9.32. The van der Waals surface area contributed by atoms with Gasteiger partial charge in [-0.2, -0.15) is 0 Å². The van der Waals surface area contributed by atoms with Gasteiger partial charge < -0.3 is 9.52 Å². The Balaban J connectivity index is 2.96. The average Bonchev–Trinajstić information content (AvgIpc) is 2.34. The van der Waals surface area contributed by atoms with Gasteiger partial charge in [-0.05, 0) is 6.92 Å². The molecule has 2 rings (SSSR count). The first-order valence-electron chi connectivity index (χ1n) is 3.30. The molecule has 3 nitrogen and oxygen atoms in total. The maximum Gasteiger partial charge on any atom is 0.145 e. The lowest BCUT2D eigenvalue weighted by Crippen LogP contribution is -1.73. The normalized spacial score (nSPS) is 10.6. The molecule has 0 fully saturated rings. The van der Waals surface area contributed by atoms with Crippen LogP contribution in [0.5, 0.6) is 5.75 Å². The molecule has 0 aromatic carbocycles. The molecule has 3 heteroatoms. The molecular weight excluding hydrogens is 142 g/mol. The Hall–Kier alpha value is -1.51. The lowest BCUT2D eigenvalue weighted by Gasteiger charge is -1.91. The van der Waals surface area contributed by atoms with E-state index in [1.807, 2.05) is 6.92 Å². The quantitative estimate of drug-likeness (QED) is 0.621. The van der Waals surface area contributed by atoms with Crippen molar-refractivity contribution in [3.8, 4) is 5.75 Å². The number of aromatic hydroxyl groups is 1. The highest BCUT2D eigenvalue weighted by atomic mass is 16.3. The van der Waals surface area contributed by atoms with Gasteiger partial charge in [0, 0.05) is 11.6 Å². The lowest BCUT2D eigenvalue weighted by atomic mass is 10.2. The van der Waals surface area contributed by atoms with Crippen molar-refractivity contribution in [3.05, 3.63) is 24.4 Å². The fraction of sp³-hybridized carbons (Fsp3) is 0.125. The Morgan fingerprint density at radius 1 is 1.45 bits per heavy atom. The molecule has 0 saturated carbocycles. The molecule has 0 unspecified atom stereocenters. The monoisotopic (exact) mass is 149 g/mol. The first-order valence-corrected chi connectivity index (χ1v) is 3.30. The van der Waals surface area contributed by atoms with Crippen LogP contribution in [0.2, 0.25) is 0 Å². The third kappa shape index (κ3) is 0.774. The van der Waals surface area contributed by atoms with E-state index in [1.54, 1.807) is 12.5 Å². The molecule has 0 aliphatic heterocycles. The van der Waals surface area contributed by atoms with Gasteiger partial charge in [0.25, 0.3) is 0 Å². The van der Waals surface area contributed by atoms with Gasteiger partial charge in [0.2, 0.25) is 0 Å². The minimum absolute atomic E-state index is 0.175. The highest BCUT2D eigenvalue weighted by Gasteiger charge is 2.05. The number of hydrogen-bond donors (Lipinski definition) is 1. The van der Waals surface area contributed by atoms with Crippen LogP contribution < -0.4 is 0 Å². The number of aromatic nitrogens is 1. The summed E-state index contributed by atoms with van der Waals surface area (Å²) in [5, 5.41) is 10.9. The Morgan fingerprint density at radius 2 is 2.27 bits per heavy atom. The first-order chi connectivity index (χ1) is 5.29. The van der Waals surface area contributed by atoms with E-state index in [9.17, 15) is 5.11 Å². The van der Waals surface area contributed by atoms with Crippen LogP contribution in [0.25, 0.3) is 10.8 Å². The molecule has 1 N–H and O–H groups in total. The molecule has 0 saturated heterocycles. The SMILES string of the molecule is Cc1occ2cncc(O)c12. The summed E-state index contributed by atoms with van der Waals surface area (Å²) in [7, 11) is 0. The summed E-state index contributed by atoms with van der Waals surface area (Å²) in [4.78, 5) is 3.82. The summed E-state index contributed by atoms with van der Waals surface area (Å²) in [5.74, 6) is 0.897.